The first-order chi connectivity index (χ1) is 11.7. The number of hydrogen-bond acceptors (Lipinski definition) is 5. The molecule has 1 aromatic heterocycles. The Kier molecular flexibility index (Phi) is 4.03. The van der Waals surface area contributed by atoms with Gasteiger partial charge in [-0.3, -0.25) is 9.89 Å². The molecule has 1 atom stereocenters. The van der Waals surface area contributed by atoms with Crippen molar-refractivity contribution in [1.29, 1.82) is 0 Å². The van der Waals surface area contributed by atoms with Gasteiger partial charge in [0.1, 0.15) is 11.9 Å². The third kappa shape index (κ3) is 2.81. The number of aromatic nitrogens is 3. The van der Waals surface area contributed by atoms with Crippen LogP contribution in [0.5, 0.6) is 0 Å². The lowest BCUT2D eigenvalue weighted by Crippen LogP contribution is -2.42. The lowest BCUT2D eigenvalue weighted by molar-refractivity contribution is -0.0266. The fraction of sp³-hybridized carbons (Fsp3) is 0.471. The van der Waals surface area contributed by atoms with Crippen molar-refractivity contribution in [3.05, 3.63) is 46.5 Å². The lowest BCUT2D eigenvalue weighted by atomic mass is 10.1. The summed E-state index contributed by atoms with van der Waals surface area (Å²) in [6.45, 7) is 4.76. The fourth-order valence-electron chi connectivity index (χ4n) is 3.09. The topological polar surface area (TPSA) is 80.3 Å². The van der Waals surface area contributed by atoms with E-state index in [2.05, 4.69) is 15.2 Å². The Morgan fingerprint density at radius 1 is 1.38 bits per heavy atom. The maximum Gasteiger partial charge on any atom is 0.254 e. The number of ether oxygens (including phenoxy) is 2. The van der Waals surface area contributed by atoms with Crippen LogP contribution in [0, 0.1) is 0 Å². The maximum absolute atomic E-state index is 12.8. The highest BCUT2D eigenvalue weighted by molar-refractivity contribution is 5.94. The molecule has 2 aromatic rings. The van der Waals surface area contributed by atoms with E-state index in [9.17, 15) is 4.79 Å². The van der Waals surface area contributed by atoms with Crippen LogP contribution in [0.3, 0.4) is 0 Å². The molecule has 1 aromatic carbocycles. The van der Waals surface area contributed by atoms with Gasteiger partial charge in [0, 0.05) is 18.5 Å². The number of aryl methyl sites for hydroxylation is 1. The summed E-state index contributed by atoms with van der Waals surface area (Å²) in [5.74, 6) is 1.46. The predicted octanol–water partition coefficient (Wildman–Crippen LogP) is 1.61. The molecule has 0 saturated carbocycles. The SMILES string of the molecule is CCc1nc([C@@H]2CN(C(=O)c3ccc4c(c3)COC4)CCO2)n[nH]1. The van der Waals surface area contributed by atoms with Crippen LogP contribution in [0.15, 0.2) is 18.2 Å². The smallest absolute Gasteiger partial charge is 0.254 e. The molecule has 2 aliphatic rings. The van der Waals surface area contributed by atoms with E-state index >= 15 is 0 Å². The van der Waals surface area contributed by atoms with Gasteiger partial charge >= 0.3 is 0 Å². The van der Waals surface area contributed by atoms with Gasteiger partial charge in [-0.1, -0.05) is 13.0 Å². The summed E-state index contributed by atoms with van der Waals surface area (Å²) in [4.78, 5) is 19.1. The van der Waals surface area contributed by atoms with Crippen molar-refractivity contribution in [3.8, 4) is 0 Å². The molecule has 2 aliphatic heterocycles. The highest BCUT2D eigenvalue weighted by Gasteiger charge is 2.29. The number of benzene rings is 1. The van der Waals surface area contributed by atoms with Gasteiger partial charge < -0.3 is 14.4 Å². The fourth-order valence-corrected chi connectivity index (χ4v) is 3.09. The van der Waals surface area contributed by atoms with E-state index in [-0.39, 0.29) is 12.0 Å². The molecular formula is C17H20N4O3. The Hall–Kier alpha value is -2.25. The second-order valence-electron chi connectivity index (χ2n) is 6.08. The van der Waals surface area contributed by atoms with Crippen LogP contribution in [0.1, 0.15) is 46.2 Å². The molecule has 7 heteroatoms. The number of aromatic amines is 1. The highest BCUT2D eigenvalue weighted by Crippen LogP contribution is 2.24. The molecule has 0 radical (unpaired) electrons. The summed E-state index contributed by atoms with van der Waals surface area (Å²) in [5, 5.41) is 7.11. The number of rotatable bonds is 3. The van der Waals surface area contributed by atoms with Crippen molar-refractivity contribution < 1.29 is 14.3 Å². The van der Waals surface area contributed by atoms with E-state index in [0.29, 0.717) is 44.3 Å². The number of H-pyrrole nitrogens is 1. The lowest BCUT2D eigenvalue weighted by Gasteiger charge is -2.31. The van der Waals surface area contributed by atoms with Gasteiger partial charge in [0.2, 0.25) is 0 Å². The quantitative estimate of drug-likeness (QED) is 0.926. The van der Waals surface area contributed by atoms with Crippen LogP contribution in [0.2, 0.25) is 0 Å². The molecular weight excluding hydrogens is 308 g/mol. The van der Waals surface area contributed by atoms with E-state index in [1.54, 1.807) is 0 Å². The average molecular weight is 328 g/mol. The maximum atomic E-state index is 12.8. The first-order valence-electron chi connectivity index (χ1n) is 8.26. The van der Waals surface area contributed by atoms with Crippen molar-refractivity contribution in [2.75, 3.05) is 19.7 Å². The Bertz CT molecular complexity index is 758. The van der Waals surface area contributed by atoms with Gasteiger partial charge in [-0.25, -0.2) is 4.98 Å². The second-order valence-corrected chi connectivity index (χ2v) is 6.08. The van der Waals surface area contributed by atoms with Crippen molar-refractivity contribution in [2.24, 2.45) is 0 Å². The minimum absolute atomic E-state index is 0.0178. The van der Waals surface area contributed by atoms with E-state index in [4.69, 9.17) is 9.47 Å². The number of hydrogen-bond donors (Lipinski definition) is 1. The van der Waals surface area contributed by atoms with Gasteiger partial charge in [0.25, 0.3) is 5.91 Å². The molecule has 1 saturated heterocycles. The molecule has 126 valence electrons. The van der Waals surface area contributed by atoms with Gasteiger partial charge in [-0.15, -0.1) is 0 Å². The molecule has 3 heterocycles. The Balaban J connectivity index is 1.50. The molecule has 1 amide bonds. The van der Waals surface area contributed by atoms with E-state index in [0.717, 1.165) is 17.8 Å². The number of fused-ring (bicyclic) bond motifs is 1. The zero-order chi connectivity index (χ0) is 16.5. The third-order valence-corrected chi connectivity index (χ3v) is 4.49. The molecule has 0 spiro atoms. The first-order valence-corrected chi connectivity index (χ1v) is 8.26. The zero-order valence-electron chi connectivity index (χ0n) is 13.6. The van der Waals surface area contributed by atoms with Crippen molar-refractivity contribution in [1.82, 2.24) is 20.1 Å². The minimum Gasteiger partial charge on any atom is -0.372 e. The van der Waals surface area contributed by atoms with Crippen molar-refractivity contribution in [3.63, 3.8) is 0 Å². The van der Waals surface area contributed by atoms with E-state index < -0.39 is 0 Å². The summed E-state index contributed by atoms with van der Waals surface area (Å²) in [6, 6.07) is 5.80. The molecule has 24 heavy (non-hydrogen) atoms. The van der Waals surface area contributed by atoms with Crippen molar-refractivity contribution >= 4 is 5.91 Å². The van der Waals surface area contributed by atoms with Crippen LogP contribution in [-0.4, -0.2) is 45.7 Å². The predicted molar refractivity (Wildman–Crippen MR) is 85.3 cm³/mol. The standard InChI is InChI=1S/C17H20N4O3/c1-2-15-18-16(20-19-15)14-8-21(5-6-24-14)17(22)11-3-4-12-9-23-10-13(12)7-11/h3-4,7,14H,2,5-6,8-10H2,1H3,(H,18,19,20)/t14-/m0/s1. The van der Waals surface area contributed by atoms with Crippen LogP contribution in [0.4, 0.5) is 0 Å². The summed E-state index contributed by atoms with van der Waals surface area (Å²) in [5.41, 5.74) is 2.97. The summed E-state index contributed by atoms with van der Waals surface area (Å²) < 4.78 is 11.2. The Morgan fingerprint density at radius 3 is 3.08 bits per heavy atom. The Morgan fingerprint density at radius 2 is 2.25 bits per heavy atom. The normalized spacial score (nSPS) is 20.2. The molecule has 0 aliphatic carbocycles. The average Bonchev–Trinajstić information content (AvgIpc) is 3.29. The molecule has 7 nitrogen and oxygen atoms in total. The number of carbonyl (C=O) groups is 1. The number of nitrogens with zero attached hydrogens (tertiary/aromatic N) is 3. The monoisotopic (exact) mass is 328 g/mol. The summed E-state index contributed by atoms with van der Waals surface area (Å²) in [7, 11) is 0. The Labute approximate surface area is 140 Å². The summed E-state index contributed by atoms with van der Waals surface area (Å²) >= 11 is 0. The minimum atomic E-state index is -0.281. The van der Waals surface area contributed by atoms with Gasteiger partial charge in [0.15, 0.2) is 5.82 Å². The van der Waals surface area contributed by atoms with Crippen LogP contribution in [0.25, 0.3) is 0 Å². The first kappa shape index (κ1) is 15.3. The number of amides is 1. The largest absolute Gasteiger partial charge is 0.372 e. The summed E-state index contributed by atoms with van der Waals surface area (Å²) in [6.07, 6.45) is 0.511. The van der Waals surface area contributed by atoms with Crippen LogP contribution < -0.4 is 0 Å². The second kappa shape index (κ2) is 6.33. The number of carbonyl (C=O) groups excluding carboxylic acids is 1. The molecule has 0 unspecified atom stereocenters. The van der Waals surface area contributed by atoms with Crippen LogP contribution in [-0.2, 0) is 29.1 Å². The molecule has 4 rings (SSSR count). The third-order valence-electron chi connectivity index (χ3n) is 4.49. The zero-order valence-corrected chi connectivity index (χ0v) is 13.6. The van der Waals surface area contributed by atoms with E-state index in [1.807, 2.05) is 30.0 Å². The number of morpholine rings is 1. The van der Waals surface area contributed by atoms with Gasteiger partial charge in [-0.05, 0) is 23.3 Å². The van der Waals surface area contributed by atoms with Crippen molar-refractivity contribution in [2.45, 2.75) is 32.7 Å². The van der Waals surface area contributed by atoms with Crippen LogP contribution >= 0.6 is 0 Å². The molecule has 0 bridgehead atoms. The highest BCUT2D eigenvalue weighted by atomic mass is 16.5. The van der Waals surface area contributed by atoms with Gasteiger partial charge in [0.05, 0.1) is 26.4 Å². The number of nitrogens with one attached hydrogen (secondary N) is 1. The molecule has 1 fully saturated rings. The van der Waals surface area contributed by atoms with Gasteiger partial charge in [-0.2, -0.15) is 5.10 Å². The molecule has 1 N–H and O–H groups in total. The van der Waals surface area contributed by atoms with E-state index in [1.165, 1.54) is 5.56 Å².